The molecule has 3 aliphatic carbocycles. The molecule has 2 unspecified atom stereocenters. The van der Waals surface area contributed by atoms with Crippen molar-refractivity contribution in [1.82, 2.24) is 24.9 Å². The Labute approximate surface area is 320 Å². The number of nitrogens with zero attached hydrogens (tertiary/aromatic N) is 5. The first-order valence-electron chi connectivity index (χ1n) is 19.3. The van der Waals surface area contributed by atoms with Crippen molar-refractivity contribution in [3.63, 3.8) is 0 Å². The van der Waals surface area contributed by atoms with Crippen LogP contribution in [0.4, 0.5) is 0 Å². The van der Waals surface area contributed by atoms with Gasteiger partial charge in [0.15, 0.2) is 11.6 Å². The van der Waals surface area contributed by atoms with Crippen LogP contribution in [0.1, 0.15) is 24.8 Å². The highest BCUT2D eigenvalue weighted by Gasteiger charge is 2.71. The van der Waals surface area contributed by atoms with Crippen LogP contribution >= 0.6 is 0 Å². The Morgan fingerprint density at radius 1 is 0.382 bits per heavy atom. The third-order valence-corrected chi connectivity index (χ3v) is 12.4. The fourth-order valence-corrected chi connectivity index (χ4v) is 9.67. The molecule has 262 valence electrons. The van der Waals surface area contributed by atoms with Crippen molar-refractivity contribution in [3.8, 4) is 79.1 Å². The molecule has 0 N–H and O–H groups in total. The SMILES string of the molecule is c1ccc(-c2cc(-c3ccc(-c4nc(-c5ccccc5)cc(-c5cccc(-c6ccccn6)c5)n4)cc3)nc(-c3ccc(C45CC6CC(C4)C65)cc3)n2)cc1. The lowest BCUT2D eigenvalue weighted by Gasteiger charge is -2.76. The van der Waals surface area contributed by atoms with Gasteiger partial charge in [-0.3, -0.25) is 4.98 Å². The molecule has 0 radical (unpaired) electrons. The summed E-state index contributed by atoms with van der Waals surface area (Å²) in [5.74, 6) is 4.30. The highest BCUT2D eigenvalue weighted by atomic mass is 14.9. The summed E-state index contributed by atoms with van der Waals surface area (Å²) in [7, 11) is 0. The molecule has 11 rings (SSSR count). The molecule has 3 fully saturated rings. The Morgan fingerprint density at radius 2 is 0.836 bits per heavy atom. The van der Waals surface area contributed by atoms with E-state index in [1.54, 1.807) is 0 Å². The Kier molecular flexibility index (Phi) is 7.41. The van der Waals surface area contributed by atoms with Crippen LogP contribution in [0.2, 0.25) is 0 Å². The highest BCUT2D eigenvalue weighted by Crippen LogP contribution is 2.77. The van der Waals surface area contributed by atoms with Crippen LogP contribution in [0.15, 0.2) is 170 Å². The highest BCUT2D eigenvalue weighted by molar-refractivity contribution is 5.77. The predicted molar refractivity (Wildman–Crippen MR) is 219 cm³/mol. The van der Waals surface area contributed by atoms with Crippen molar-refractivity contribution < 1.29 is 0 Å². The van der Waals surface area contributed by atoms with Crippen molar-refractivity contribution in [2.75, 3.05) is 0 Å². The average molecular weight is 708 g/mol. The van der Waals surface area contributed by atoms with Gasteiger partial charge < -0.3 is 0 Å². The predicted octanol–water partition coefficient (Wildman–Crippen LogP) is 11.6. The molecule has 0 amide bonds. The van der Waals surface area contributed by atoms with E-state index < -0.39 is 0 Å². The molecule has 0 saturated heterocycles. The molecule has 0 bridgehead atoms. The fraction of sp³-hybridized carbons (Fsp3) is 0.140. The Bertz CT molecular complexity index is 2660. The van der Waals surface area contributed by atoms with Crippen molar-refractivity contribution in [1.29, 1.82) is 0 Å². The van der Waals surface area contributed by atoms with Crippen molar-refractivity contribution in [3.05, 3.63) is 176 Å². The minimum Gasteiger partial charge on any atom is -0.256 e. The molecule has 55 heavy (non-hydrogen) atoms. The zero-order valence-electron chi connectivity index (χ0n) is 30.3. The Balaban J connectivity index is 0.957. The van der Waals surface area contributed by atoms with Crippen LogP contribution < -0.4 is 0 Å². The summed E-state index contributed by atoms with van der Waals surface area (Å²) >= 11 is 0. The summed E-state index contributed by atoms with van der Waals surface area (Å²) in [6, 6.07) is 56.8. The van der Waals surface area contributed by atoms with Crippen LogP contribution in [-0.4, -0.2) is 24.9 Å². The lowest BCUT2D eigenvalue weighted by molar-refractivity contribution is -0.219. The van der Waals surface area contributed by atoms with E-state index in [0.717, 1.165) is 91.0 Å². The van der Waals surface area contributed by atoms with Crippen LogP contribution in [0.25, 0.3) is 79.1 Å². The molecule has 5 aromatic carbocycles. The number of pyridine rings is 1. The van der Waals surface area contributed by atoms with Crippen molar-refractivity contribution >= 4 is 0 Å². The number of aromatic nitrogens is 5. The number of hydrogen-bond donors (Lipinski definition) is 0. The largest absolute Gasteiger partial charge is 0.256 e. The maximum Gasteiger partial charge on any atom is 0.160 e. The van der Waals surface area contributed by atoms with E-state index in [4.69, 9.17) is 19.9 Å². The average Bonchev–Trinajstić information content (AvgIpc) is 3.27. The third-order valence-electron chi connectivity index (χ3n) is 12.4. The molecule has 3 aliphatic rings. The normalized spacial score (nSPS) is 20.4. The molecular formula is C50H37N5. The zero-order valence-corrected chi connectivity index (χ0v) is 30.3. The zero-order chi connectivity index (χ0) is 36.3. The topological polar surface area (TPSA) is 64.5 Å². The van der Waals surface area contributed by atoms with Gasteiger partial charge >= 0.3 is 0 Å². The van der Waals surface area contributed by atoms with Gasteiger partial charge in [-0.1, -0.05) is 133 Å². The smallest absolute Gasteiger partial charge is 0.160 e. The van der Waals surface area contributed by atoms with E-state index in [2.05, 4.69) is 126 Å². The molecule has 3 aromatic heterocycles. The first-order chi connectivity index (χ1) is 27.2. The summed E-state index contributed by atoms with van der Waals surface area (Å²) in [6.45, 7) is 0. The maximum atomic E-state index is 5.17. The fourth-order valence-electron chi connectivity index (χ4n) is 9.67. The third kappa shape index (κ3) is 5.49. The first kappa shape index (κ1) is 31.9. The van der Waals surface area contributed by atoms with Crippen molar-refractivity contribution in [2.24, 2.45) is 17.8 Å². The molecule has 0 aliphatic heterocycles. The second-order valence-electron chi connectivity index (χ2n) is 15.5. The van der Waals surface area contributed by atoms with E-state index in [1.807, 2.05) is 48.7 Å². The molecule has 0 spiro atoms. The minimum atomic E-state index is 0.445. The lowest BCUT2D eigenvalue weighted by Crippen LogP contribution is -2.71. The van der Waals surface area contributed by atoms with Gasteiger partial charge in [-0.2, -0.15) is 0 Å². The summed E-state index contributed by atoms with van der Waals surface area (Å²) in [5, 5.41) is 0. The van der Waals surface area contributed by atoms with Gasteiger partial charge in [-0.05, 0) is 78.3 Å². The molecule has 2 atom stereocenters. The Morgan fingerprint density at radius 3 is 1.35 bits per heavy atom. The van der Waals surface area contributed by atoms with E-state index in [-0.39, 0.29) is 0 Å². The second kappa shape index (κ2) is 12.8. The summed E-state index contributed by atoms with van der Waals surface area (Å²) in [6.07, 6.45) is 6.03. The molecular weight excluding hydrogens is 671 g/mol. The monoisotopic (exact) mass is 707 g/mol. The van der Waals surface area contributed by atoms with Crippen LogP contribution in [-0.2, 0) is 5.41 Å². The minimum absolute atomic E-state index is 0.445. The van der Waals surface area contributed by atoms with Gasteiger partial charge in [0.05, 0.1) is 28.5 Å². The van der Waals surface area contributed by atoms with Gasteiger partial charge in [0, 0.05) is 45.1 Å². The van der Waals surface area contributed by atoms with Gasteiger partial charge in [-0.15, -0.1) is 0 Å². The summed E-state index contributed by atoms with van der Waals surface area (Å²) in [4.78, 5) is 25.1. The summed E-state index contributed by atoms with van der Waals surface area (Å²) in [5.41, 5.74) is 13.5. The van der Waals surface area contributed by atoms with Crippen molar-refractivity contribution in [2.45, 2.75) is 24.7 Å². The quantitative estimate of drug-likeness (QED) is 0.157. The second-order valence-corrected chi connectivity index (χ2v) is 15.5. The maximum absolute atomic E-state index is 5.17. The number of benzene rings is 5. The molecule has 3 saturated carbocycles. The summed E-state index contributed by atoms with van der Waals surface area (Å²) < 4.78 is 0. The van der Waals surface area contributed by atoms with Crippen LogP contribution in [0, 0.1) is 17.8 Å². The molecule has 3 heterocycles. The van der Waals surface area contributed by atoms with Gasteiger partial charge in [-0.25, -0.2) is 19.9 Å². The molecule has 5 nitrogen and oxygen atoms in total. The van der Waals surface area contributed by atoms with Crippen LogP contribution in [0.5, 0.6) is 0 Å². The molecule has 5 heteroatoms. The Hall–Kier alpha value is -6.59. The standard InChI is InChI=1S/C50H37N5/c1-3-10-32(11-4-1)43-28-45(54-49(52-43)36-21-23-41(24-22-36)50-30-39-27-40(31-50)47(39)50)34-17-19-35(20-18-34)48-53-44(33-12-5-2-6-13-33)29-46(55-48)38-15-9-14-37(26-38)42-16-7-8-25-51-42/h1-26,28-29,39-40,47H,27,30-31H2. The molecule has 8 aromatic rings. The van der Waals surface area contributed by atoms with Gasteiger partial charge in [0.25, 0.3) is 0 Å². The lowest BCUT2D eigenvalue weighted by atomic mass is 9.28. The van der Waals surface area contributed by atoms with Gasteiger partial charge in [0.1, 0.15) is 0 Å². The van der Waals surface area contributed by atoms with E-state index in [9.17, 15) is 0 Å². The first-order valence-corrected chi connectivity index (χ1v) is 19.3. The van der Waals surface area contributed by atoms with Gasteiger partial charge in [0.2, 0.25) is 0 Å². The number of rotatable bonds is 8. The van der Waals surface area contributed by atoms with E-state index >= 15 is 0 Å². The number of hydrogen-bond acceptors (Lipinski definition) is 5. The van der Waals surface area contributed by atoms with E-state index in [1.165, 1.54) is 24.8 Å². The van der Waals surface area contributed by atoms with Crippen LogP contribution in [0.3, 0.4) is 0 Å². The van der Waals surface area contributed by atoms with E-state index in [0.29, 0.717) is 11.2 Å².